The van der Waals surface area contributed by atoms with Gasteiger partial charge in [0.05, 0.1) is 39.6 Å². The van der Waals surface area contributed by atoms with E-state index < -0.39 is 181 Å². The van der Waals surface area contributed by atoms with Crippen molar-refractivity contribution in [1.82, 2.24) is 0 Å². The predicted molar refractivity (Wildman–Crippen MR) is 163 cm³/mol. The topological polar surface area (TPSA) is 385 Å². The average molecular weight is 811 g/mol. The van der Waals surface area contributed by atoms with Crippen LogP contribution < -0.4 is 0 Å². The molecule has 25 nitrogen and oxygen atoms in total. The maximum atomic E-state index is 11.1. The molecule has 6 fully saturated rings. The maximum Gasteiger partial charge on any atom is 0.187 e. The Morgan fingerprint density at radius 3 is 1.20 bits per heavy atom. The third-order valence-corrected chi connectivity index (χ3v) is 10.2. The van der Waals surface area contributed by atoms with Gasteiger partial charge in [-0.2, -0.15) is 0 Å². The maximum absolute atomic E-state index is 11.1. The second-order valence-electron chi connectivity index (χ2n) is 14.0. The number of aliphatic hydroxyl groups is 14. The molecule has 0 aromatic carbocycles. The molecule has 6 aliphatic rings. The van der Waals surface area contributed by atoms with E-state index in [4.69, 9.17) is 52.1 Å². The zero-order valence-electron chi connectivity index (χ0n) is 28.9. The van der Waals surface area contributed by atoms with E-state index in [1.807, 2.05) is 0 Å². The van der Waals surface area contributed by atoms with E-state index in [0.29, 0.717) is 0 Å². The number of hydrogen-bond donors (Lipinski definition) is 14. The monoisotopic (exact) mass is 810 g/mol. The van der Waals surface area contributed by atoms with Gasteiger partial charge in [-0.25, -0.2) is 0 Å². The summed E-state index contributed by atoms with van der Waals surface area (Å²) in [5.74, 6) is 0. The Balaban J connectivity index is 1.09. The Bertz CT molecular complexity index is 1210. The molecule has 0 aromatic rings. The summed E-state index contributed by atoms with van der Waals surface area (Å²) in [5, 5.41) is 144. The lowest BCUT2D eigenvalue weighted by Gasteiger charge is -2.46. The Morgan fingerprint density at radius 2 is 0.745 bits per heavy atom. The van der Waals surface area contributed by atoms with Crippen LogP contribution >= 0.6 is 0 Å². The fraction of sp³-hybridized carbons (Fsp3) is 1.00. The molecule has 0 radical (unpaired) electrons. The van der Waals surface area contributed by atoms with E-state index in [0.717, 1.165) is 0 Å². The smallest absolute Gasteiger partial charge is 0.187 e. The molecule has 55 heavy (non-hydrogen) atoms. The van der Waals surface area contributed by atoms with Crippen molar-refractivity contribution in [2.24, 2.45) is 0 Å². The Kier molecular flexibility index (Phi) is 14.7. The highest BCUT2D eigenvalue weighted by atomic mass is 16.8. The first-order valence-corrected chi connectivity index (χ1v) is 17.6. The van der Waals surface area contributed by atoms with Gasteiger partial charge in [0.25, 0.3) is 0 Å². The first kappa shape index (κ1) is 43.6. The van der Waals surface area contributed by atoms with Crippen LogP contribution in [0, 0.1) is 0 Å². The van der Waals surface area contributed by atoms with Gasteiger partial charge < -0.3 is 124 Å². The fourth-order valence-corrected chi connectivity index (χ4v) is 6.88. The molecule has 0 aromatic heterocycles. The van der Waals surface area contributed by atoms with E-state index in [2.05, 4.69) is 0 Å². The minimum Gasteiger partial charge on any atom is -0.394 e. The van der Waals surface area contributed by atoms with Crippen LogP contribution in [0.15, 0.2) is 0 Å². The first-order valence-electron chi connectivity index (χ1n) is 17.6. The van der Waals surface area contributed by atoms with Gasteiger partial charge in [0, 0.05) is 0 Å². The van der Waals surface area contributed by atoms with Crippen molar-refractivity contribution in [3.8, 4) is 0 Å². The predicted octanol–water partition coefficient (Wildman–Crippen LogP) is -10.3. The summed E-state index contributed by atoms with van der Waals surface area (Å²) in [4.78, 5) is 0. The molecule has 6 rings (SSSR count). The van der Waals surface area contributed by atoms with Gasteiger partial charge in [-0.1, -0.05) is 0 Å². The van der Waals surface area contributed by atoms with E-state index in [-0.39, 0.29) is 6.61 Å². The van der Waals surface area contributed by atoms with Crippen molar-refractivity contribution in [2.45, 2.75) is 148 Å². The minimum atomic E-state index is -1.89. The van der Waals surface area contributed by atoms with Crippen LogP contribution in [-0.4, -0.2) is 259 Å². The zero-order valence-corrected chi connectivity index (χ0v) is 28.9. The summed E-state index contributed by atoms with van der Waals surface area (Å²) in [6.07, 6.45) is -38.5. The zero-order chi connectivity index (χ0) is 39.9. The largest absolute Gasteiger partial charge is 0.394 e. The molecular formula is C30H50O25. The van der Waals surface area contributed by atoms with Gasteiger partial charge in [-0.05, 0) is 0 Å². The van der Waals surface area contributed by atoms with Gasteiger partial charge >= 0.3 is 0 Å². The highest BCUT2D eigenvalue weighted by Gasteiger charge is 2.54. The summed E-state index contributed by atoms with van der Waals surface area (Å²) < 4.78 is 60.9. The standard InChI is InChI=1S/C30H50O25/c31-1-8-13(34)21(42)28(49-8)54-23-7(33)3-46-30(24(23)55-29-22(43)14(35)9(2-32)50-29)53-12-6-48-27(20(41)17(12)38)52-11-5-47-26(19(40)16(11)37)51-10-4-45-25(44)18(39)15(10)36/h7-44H,1-6H2/t7-,8+,9+,10-,11-,12-,13-,14-,15+,16+,17+,18?,19?,20?,21?,22?,23+,24?,25-,26+,27-,28+,29+,30+/m1/s1. The van der Waals surface area contributed by atoms with Gasteiger partial charge in [0.2, 0.25) is 0 Å². The highest BCUT2D eigenvalue weighted by molar-refractivity contribution is 4.95. The molecule has 6 aliphatic heterocycles. The lowest BCUT2D eigenvalue weighted by Crippen LogP contribution is -2.63. The summed E-state index contributed by atoms with van der Waals surface area (Å²) in [6.45, 7) is -3.32. The van der Waals surface area contributed by atoms with Gasteiger partial charge in [0.15, 0.2) is 37.7 Å². The van der Waals surface area contributed by atoms with Crippen LogP contribution in [-0.2, 0) is 52.1 Å². The first-order chi connectivity index (χ1) is 26.1. The van der Waals surface area contributed by atoms with Crippen LogP contribution in [0.2, 0.25) is 0 Å². The number of ether oxygens (including phenoxy) is 11. The molecule has 25 heteroatoms. The van der Waals surface area contributed by atoms with Crippen molar-refractivity contribution >= 4 is 0 Å². The average Bonchev–Trinajstić information content (AvgIpc) is 3.60. The fourth-order valence-electron chi connectivity index (χ4n) is 6.88. The van der Waals surface area contributed by atoms with Crippen molar-refractivity contribution in [2.75, 3.05) is 39.6 Å². The normalized spacial score (nSPS) is 53.8. The SMILES string of the molecule is OC[C@@H]1O[C@@H](OC2[C@H](O[C@@H]3CO[C@H](O[C@@H]4CO[C@@H](O[C@@H]5CO[C@@H](O)C(O)[C@H]5O)C(O)[C@H]4O)C(O)[C@H]3O)OC[C@@H](O)[C@@H]2O[C@@H]2O[C@@H](CO)[C@@H](O)C2O)C(O)[C@@H]1O. The number of hydrogen-bond acceptors (Lipinski definition) is 25. The van der Waals surface area contributed by atoms with E-state index in [1.54, 1.807) is 0 Å². The van der Waals surface area contributed by atoms with Gasteiger partial charge in [-0.3, -0.25) is 0 Å². The van der Waals surface area contributed by atoms with Crippen LogP contribution in [0.4, 0.5) is 0 Å². The van der Waals surface area contributed by atoms with Gasteiger partial charge in [0.1, 0.15) is 110 Å². The molecule has 6 saturated heterocycles. The summed E-state index contributed by atoms with van der Waals surface area (Å²) in [5.41, 5.74) is 0. The molecule has 0 bridgehead atoms. The van der Waals surface area contributed by atoms with Gasteiger partial charge in [-0.15, -0.1) is 0 Å². The molecule has 320 valence electrons. The molecular weight excluding hydrogens is 760 g/mol. The third-order valence-electron chi connectivity index (χ3n) is 10.2. The van der Waals surface area contributed by atoms with Crippen molar-refractivity contribution < 1.29 is 124 Å². The lowest BCUT2D eigenvalue weighted by molar-refractivity contribution is -0.371. The number of aliphatic hydroxyl groups excluding tert-OH is 14. The van der Waals surface area contributed by atoms with Crippen molar-refractivity contribution in [1.29, 1.82) is 0 Å². The summed E-state index contributed by atoms with van der Waals surface area (Å²) in [7, 11) is 0. The molecule has 14 N–H and O–H groups in total. The molecule has 6 heterocycles. The quantitative estimate of drug-likeness (QED) is 0.0870. The van der Waals surface area contributed by atoms with Crippen LogP contribution in [0.25, 0.3) is 0 Å². The third kappa shape index (κ3) is 9.11. The molecule has 0 spiro atoms. The molecule has 6 unspecified atom stereocenters. The van der Waals surface area contributed by atoms with E-state index in [9.17, 15) is 71.5 Å². The number of rotatable bonds is 12. The van der Waals surface area contributed by atoms with Crippen LogP contribution in [0.5, 0.6) is 0 Å². The molecule has 0 aliphatic carbocycles. The van der Waals surface area contributed by atoms with Crippen LogP contribution in [0.1, 0.15) is 0 Å². The van der Waals surface area contributed by atoms with Crippen molar-refractivity contribution in [3.05, 3.63) is 0 Å². The minimum absolute atomic E-state index is 0.380. The Morgan fingerprint density at radius 1 is 0.364 bits per heavy atom. The lowest BCUT2D eigenvalue weighted by atomic mass is 10.0. The van der Waals surface area contributed by atoms with Crippen LogP contribution in [0.3, 0.4) is 0 Å². The molecule has 24 atom stereocenters. The Labute approximate surface area is 311 Å². The second kappa shape index (κ2) is 18.5. The second-order valence-corrected chi connectivity index (χ2v) is 14.0. The van der Waals surface area contributed by atoms with Crippen molar-refractivity contribution in [3.63, 3.8) is 0 Å². The highest BCUT2D eigenvalue weighted by Crippen LogP contribution is 2.34. The molecule has 0 saturated carbocycles. The van der Waals surface area contributed by atoms with E-state index in [1.165, 1.54) is 0 Å². The summed E-state index contributed by atoms with van der Waals surface area (Å²) >= 11 is 0. The summed E-state index contributed by atoms with van der Waals surface area (Å²) in [6, 6.07) is 0. The molecule has 0 amide bonds. The van der Waals surface area contributed by atoms with E-state index >= 15 is 0 Å². The Hall–Kier alpha value is -1.00.